The molecular formula is C40H58N2O. The van der Waals surface area contributed by atoms with E-state index in [9.17, 15) is 4.79 Å². The van der Waals surface area contributed by atoms with Crippen LogP contribution in [0.5, 0.6) is 0 Å². The number of nitrogens with zero attached hydrogens (tertiary/aromatic N) is 2. The van der Waals surface area contributed by atoms with Crippen LogP contribution in [-0.2, 0) is 11.2 Å². The number of carbonyl (C=O) groups is 1. The standard InChI is InChI=1S/C40H58N2O/c1-31(43)42(40-23-12-11-22-38(40)34-18-7-3-8-19-34)37-28-36(39(29-37)35-20-9-4-10-21-35)30-41-26-24-33(25-27-41)17-13-16-32-14-5-2-6-15-32/h2,4-6,9-10,14-15,20-21,33-34,36-40H,3,7-8,11-13,16-19,22-30H2,1H3/t36-,37?,38?,39-,40?/m1/s1. The highest BCUT2D eigenvalue weighted by Gasteiger charge is 2.45. The third-order valence-electron chi connectivity index (χ3n) is 12.2. The van der Waals surface area contributed by atoms with Crippen molar-refractivity contribution in [1.82, 2.24) is 9.80 Å². The van der Waals surface area contributed by atoms with E-state index in [1.807, 2.05) is 6.92 Å². The van der Waals surface area contributed by atoms with Gasteiger partial charge in [-0.05, 0) is 105 Å². The van der Waals surface area contributed by atoms with Crippen LogP contribution >= 0.6 is 0 Å². The van der Waals surface area contributed by atoms with Crippen LogP contribution in [0.4, 0.5) is 0 Å². The summed E-state index contributed by atoms with van der Waals surface area (Å²) in [5.74, 6) is 4.01. The predicted octanol–water partition coefficient (Wildman–Crippen LogP) is 9.27. The van der Waals surface area contributed by atoms with Crippen LogP contribution in [0.1, 0.15) is 120 Å². The number of aryl methyl sites for hydroxylation is 1. The lowest BCUT2D eigenvalue weighted by molar-refractivity contribution is -0.137. The van der Waals surface area contributed by atoms with E-state index in [1.165, 1.54) is 127 Å². The van der Waals surface area contributed by atoms with E-state index in [4.69, 9.17) is 0 Å². The van der Waals surface area contributed by atoms with E-state index in [2.05, 4.69) is 70.5 Å². The maximum Gasteiger partial charge on any atom is 0.219 e. The summed E-state index contributed by atoms with van der Waals surface area (Å²) >= 11 is 0. The van der Waals surface area contributed by atoms with Gasteiger partial charge in [-0.3, -0.25) is 4.79 Å². The average molecular weight is 583 g/mol. The molecule has 43 heavy (non-hydrogen) atoms. The van der Waals surface area contributed by atoms with Crippen molar-refractivity contribution in [2.45, 2.75) is 128 Å². The van der Waals surface area contributed by atoms with Gasteiger partial charge in [0, 0.05) is 25.6 Å². The molecule has 1 aliphatic heterocycles. The van der Waals surface area contributed by atoms with Crippen LogP contribution in [-0.4, -0.2) is 47.4 Å². The Labute approximate surface area is 262 Å². The van der Waals surface area contributed by atoms with Crippen molar-refractivity contribution < 1.29 is 4.79 Å². The number of rotatable bonds is 10. The van der Waals surface area contributed by atoms with Gasteiger partial charge in [0.15, 0.2) is 0 Å². The van der Waals surface area contributed by atoms with Crippen molar-refractivity contribution in [1.29, 1.82) is 0 Å². The third kappa shape index (κ3) is 7.94. The number of hydrogen-bond donors (Lipinski definition) is 0. The van der Waals surface area contributed by atoms with Crippen molar-refractivity contribution in [3.05, 3.63) is 71.8 Å². The number of piperidine rings is 1. The Bertz CT molecular complexity index is 1100. The van der Waals surface area contributed by atoms with Crippen LogP contribution in [0.2, 0.25) is 0 Å². The Balaban J connectivity index is 1.10. The molecule has 2 aromatic carbocycles. The lowest BCUT2D eigenvalue weighted by Crippen LogP contribution is -2.51. The lowest BCUT2D eigenvalue weighted by Gasteiger charge is -2.46. The first-order chi connectivity index (χ1) is 21.2. The van der Waals surface area contributed by atoms with Crippen molar-refractivity contribution in [2.24, 2.45) is 23.7 Å². The minimum absolute atomic E-state index is 0.349. The first kappa shape index (κ1) is 30.9. The quantitative estimate of drug-likeness (QED) is 0.279. The molecule has 0 aromatic heterocycles. The molecule has 6 rings (SSSR count). The van der Waals surface area contributed by atoms with E-state index in [1.54, 1.807) is 0 Å². The number of amides is 1. The van der Waals surface area contributed by atoms with Crippen LogP contribution < -0.4 is 0 Å². The van der Waals surface area contributed by atoms with E-state index < -0.39 is 0 Å². The molecule has 3 saturated carbocycles. The summed E-state index contributed by atoms with van der Waals surface area (Å²) in [7, 11) is 0. The molecule has 5 atom stereocenters. The van der Waals surface area contributed by atoms with Gasteiger partial charge in [0.1, 0.15) is 0 Å². The second-order valence-corrected chi connectivity index (χ2v) is 14.9. The fraction of sp³-hybridized carbons (Fsp3) is 0.675. The van der Waals surface area contributed by atoms with Crippen molar-refractivity contribution >= 4 is 5.91 Å². The molecule has 0 N–H and O–H groups in total. The molecule has 3 aliphatic carbocycles. The third-order valence-corrected chi connectivity index (χ3v) is 12.2. The summed E-state index contributed by atoms with van der Waals surface area (Å²) < 4.78 is 0. The summed E-state index contributed by atoms with van der Waals surface area (Å²) in [4.78, 5) is 18.8. The van der Waals surface area contributed by atoms with Crippen LogP contribution in [0.15, 0.2) is 60.7 Å². The van der Waals surface area contributed by atoms with E-state index in [0.717, 1.165) is 24.2 Å². The van der Waals surface area contributed by atoms with E-state index >= 15 is 0 Å². The molecule has 0 spiro atoms. The molecule has 3 heteroatoms. The molecule has 234 valence electrons. The number of carbonyl (C=O) groups excluding carboxylic acids is 1. The van der Waals surface area contributed by atoms with E-state index in [-0.39, 0.29) is 0 Å². The fourth-order valence-electron chi connectivity index (χ4n) is 10.0. The minimum atomic E-state index is 0.349. The van der Waals surface area contributed by atoms with Crippen LogP contribution in [0.25, 0.3) is 0 Å². The molecule has 3 nitrogen and oxygen atoms in total. The largest absolute Gasteiger partial charge is 0.337 e. The maximum atomic E-state index is 13.5. The topological polar surface area (TPSA) is 23.6 Å². The normalized spacial score (nSPS) is 29.5. The summed E-state index contributed by atoms with van der Waals surface area (Å²) in [5, 5.41) is 0. The van der Waals surface area contributed by atoms with Gasteiger partial charge in [-0.15, -0.1) is 0 Å². The zero-order chi connectivity index (χ0) is 29.4. The summed E-state index contributed by atoms with van der Waals surface area (Å²) in [5.41, 5.74) is 2.99. The molecule has 1 saturated heterocycles. The van der Waals surface area contributed by atoms with Gasteiger partial charge in [-0.1, -0.05) is 112 Å². The average Bonchev–Trinajstić information content (AvgIpc) is 3.46. The Morgan fingerprint density at radius 2 is 1.47 bits per heavy atom. The number of likely N-dealkylation sites (tertiary alicyclic amines) is 1. The van der Waals surface area contributed by atoms with Gasteiger partial charge >= 0.3 is 0 Å². The van der Waals surface area contributed by atoms with Gasteiger partial charge in [0.25, 0.3) is 0 Å². The Morgan fingerprint density at radius 1 is 0.791 bits per heavy atom. The van der Waals surface area contributed by atoms with Crippen LogP contribution in [0, 0.1) is 23.7 Å². The smallest absolute Gasteiger partial charge is 0.219 e. The Kier molecular flexibility index (Phi) is 10.9. The zero-order valence-corrected chi connectivity index (χ0v) is 27.1. The lowest BCUT2D eigenvalue weighted by atomic mass is 9.70. The SMILES string of the molecule is CC(=O)N(C1C[C@H](CN2CCC(CCCc3ccccc3)CC2)[C@@H](c2ccccc2)C1)C1CCCCC1C1CCCCC1. The molecule has 0 radical (unpaired) electrons. The van der Waals surface area contributed by atoms with Gasteiger partial charge in [-0.25, -0.2) is 0 Å². The Hall–Kier alpha value is -2.13. The molecule has 3 unspecified atom stereocenters. The number of benzene rings is 2. The Morgan fingerprint density at radius 3 is 2.19 bits per heavy atom. The zero-order valence-electron chi connectivity index (χ0n) is 27.1. The second-order valence-electron chi connectivity index (χ2n) is 14.9. The van der Waals surface area contributed by atoms with Crippen molar-refractivity contribution in [2.75, 3.05) is 19.6 Å². The molecule has 1 heterocycles. The highest BCUT2D eigenvalue weighted by molar-refractivity contribution is 5.74. The summed E-state index contributed by atoms with van der Waals surface area (Å²) in [6.07, 6.45) is 21.2. The fourth-order valence-corrected chi connectivity index (χ4v) is 10.0. The molecule has 2 aromatic rings. The number of hydrogen-bond acceptors (Lipinski definition) is 2. The monoisotopic (exact) mass is 582 g/mol. The van der Waals surface area contributed by atoms with Gasteiger partial charge in [0.05, 0.1) is 0 Å². The second kappa shape index (κ2) is 15.2. The highest BCUT2D eigenvalue weighted by atomic mass is 16.2. The van der Waals surface area contributed by atoms with Crippen molar-refractivity contribution in [3.8, 4) is 0 Å². The predicted molar refractivity (Wildman–Crippen MR) is 179 cm³/mol. The summed E-state index contributed by atoms with van der Waals surface area (Å²) in [6.45, 7) is 5.60. The van der Waals surface area contributed by atoms with Gasteiger partial charge in [0.2, 0.25) is 5.91 Å². The molecular weight excluding hydrogens is 524 g/mol. The molecule has 0 bridgehead atoms. The highest BCUT2D eigenvalue weighted by Crippen LogP contribution is 2.47. The first-order valence-electron chi connectivity index (χ1n) is 18.3. The van der Waals surface area contributed by atoms with E-state index in [0.29, 0.717) is 29.8 Å². The first-order valence-corrected chi connectivity index (χ1v) is 18.3. The van der Waals surface area contributed by atoms with Crippen LogP contribution in [0.3, 0.4) is 0 Å². The molecule has 4 aliphatic rings. The van der Waals surface area contributed by atoms with Gasteiger partial charge < -0.3 is 9.80 Å². The maximum absolute atomic E-state index is 13.5. The van der Waals surface area contributed by atoms with Crippen molar-refractivity contribution in [3.63, 3.8) is 0 Å². The molecule has 1 amide bonds. The summed E-state index contributed by atoms with van der Waals surface area (Å²) in [6, 6.07) is 23.2. The molecule has 4 fully saturated rings. The van der Waals surface area contributed by atoms with Gasteiger partial charge in [-0.2, -0.15) is 0 Å². The minimum Gasteiger partial charge on any atom is -0.337 e.